The Kier molecular flexibility index (Phi) is 4.59. The van der Waals surface area contributed by atoms with Crippen molar-refractivity contribution in [3.8, 4) is 0 Å². The van der Waals surface area contributed by atoms with Gasteiger partial charge in [0.1, 0.15) is 0 Å². The van der Waals surface area contributed by atoms with Crippen LogP contribution in [-0.2, 0) is 11.2 Å². The minimum absolute atomic E-state index is 0.143. The fraction of sp³-hybridized carbons (Fsp3) is 0.500. The van der Waals surface area contributed by atoms with Crippen molar-refractivity contribution in [3.63, 3.8) is 0 Å². The summed E-state index contributed by atoms with van der Waals surface area (Å²) in [5.41, 5.74) is 2.12. The summed E-state index contributed by atoms with van der Waals surface area (Å²) in [5.74, 6) is 0. The summed E-state index contributed by atoms with van der Waals surface area (Å²) in [7, 11) is 0. The van der Waals surface area contributed by atoms with Gasteiger partial charge in [0.15, 0.2) is 0 Å². The first-order valence-electron chi connectivity index (χ1n) is 6.52. The molecule has 4 heteroatoms. The van der Waals surface area contributed by atoms with Gasteiger partial charge in [-0.15, -0.1) is 0 Å². The molecule has 0 aromatic heterocycles. The molecule has 1 atom stereocenters. The molecule has 1 aromatic carbocycles. The first kappa shape index (κ1) is 12.9. The maximum Gasteiger partial charge on any atom is 0.319 e. The third-order valence-corrected chi connectivity index (χ3v) is 3.02. The van der Waals surface area contributed by atoms with Crippen molar-refractivity contribution >= 4 is 11.7 Å². The molecular weight excluding hydrogens is 228 g/mol. The largest absolute Gasteiger partial charge is 0.379 e. The molecule has 1 aromatic rings. The van der Waals surface area contributed by atoms with Crippen LogP contribution in [0.15, 0.2) is 24.3 Å². The van der Waals surface area contributed by atoms with Gasteiger partial charge >= 0.3 is 6.03 Å². The van der Waals surface area contributed by atoms with Crippen molar-refractivity contribution in [2.24, 2.45) is 0 Å². The maximum atomic E-state index is 11.7. The van der Waals surface area contributed by atoms with Crippen LogP contribution in [0.4, 0.5) is 10.5 Å². The number of anilines is 1. The van der Waals surface area contributed by atoms with E-state index in [1.165, 1.54) is 5.56 Å². The normalized spacial score (nSPS) is 18.6. The highest BCUT2D eigenvalue weighted by molar-refractivity contribution is 5.89. The lowest BCUT2D eigenvalue weighted by atomic mass is 10.1. The second-order valence-electron chi connectivity index (χ2n) is 4.61. The van der Waals surface area contributed by atoms with Crippen LogP contribution in [0.1, 0.15) is 25.3 Å². The highest BCUT2D eigenvalue weighted by Crippen LogP contribution is 2.11. The van der Waals surface area contributed by atoms with E-state index >= 15 is 0 Å². The number of nitrogens with one attached hydrogen (secondary N) is 2. The second kappa shape index (κ2) is 6.40. The summed E-state index contributed by atoms with van der Waals surface area (Å²) in [5, 5.41) is 5.72. The molecule has 18 heavy (non-hydrogen) atoms. The van der Waals surface area contributed by atoms with Crippen LogP contribution in [0, 0.1) is 0 Å². The Hall–Kier alpha value is -1.55. The zero-order valence-electron chi connectivity index (χ0n) is 10.7. The van der Waals surface area contributed by atoms with Gasteiger partial charge < -0.3 is 15.4 Å². The topological polar surface area (TPSA) is 50.4 Å². The molecule has 2 N–H and O–H groups in total. The number of benzene rings is 1. The van der Waals surface area contributed by atoms with E-state index in [-0.39, 0.29) is 12.1 Å². The molecule has 1 fully saturated rings. The van der Waals surface area contributed by atoms with E-state index in [1.807, 2.05) is 12.1 Å². The van der Waals surface area contributed by atoms with Crippen LogP contribution < -0.4 is 10.6 Å². The number of carbonyl (C=O) groups excluding carboxylic acids is 1. The van der Waals surface area contributed by atoms with E-state index < -0.39 is 0 Å². The lowest BCUT2D eigenvalue weighted by Gasteiger charge is -2.12. The van der Waals surface area contributed by atoms with E-state index in [0.717, 1.165) is 31.6 Å². The van der Waals surface area contributed by atoms with Crippen molar-refractivity contribution in [3.05, 3.63) is 29.8 Å². The van der Waals surface area contributed by atoms with Gasteiger partial charge in [0.05, 0.1) is 12.6 Å². The monoisotopic (exact) mass is 248 g/mol. The Morgan fingerprint density at radius 2 is 2.17 bits per heavy atom. The van der Waals surface area contributed by atoms with Crippen molar-refractivity contribution in [1.29, 1.82) is 0 Å². The molecule has 0 bridgehead atoms. The van der Waals surface area contributed by atoms with Gasteiger partial charge in [0, 0.05) is 12.3 Å². The Bertz CT molecular complexity index is 383. The average molecular weight is 248 g/mol. The molecule has 4 nitrogen and oxygen atoms in total. The van der Waals surface area contributed by atoms with Crippen molar-refractivity contribution in [2.45, 2.75) is 32.2 Å². The lowest BCUT2D eigenvalue weighted by molar-refractivity contribution is 0.189. The van der Waals surface area contributed by atoms with Crippen LogP contribution in [0.25, 0.3) is 0 Å². The van der Waals surface area contributed by atoms with Crippen molar-refractivity contribution < 1.29 is 9.53 Å². The third kappa shape index (κ3) is 3.74. The Labute approximate surface area is 108 Å². The summed E-state index contributed by atoms with van der Waals surface area (Å²) >= 11 is 0. The van der Waals surface area contributed by atoms with Crippen molar-refractivity contribution in [2.75, 3.05) is 18.5 Å². The van der Waals surface area contributed by atoms with Gasteiger partial charge in [-0.3, -0.25) is 0 Å². The van der Waals surface area contributed by atoms with Crippen LogP contribution in [-0.4, -0.2) is 25.3 Å². The number of urea groups is 1. The zero-order valence-corrected chi connectivity index (χ0v) is 10.7. The predicted octanol–water partition coefficient (Wildman–Crippen LogP) is 2.55. The van der Waals surface area contributed by atoms with E-state index in [2.05, 4.69) is 29.7 Å². The van der Waals surface area contributed by atoms with Crippen LogP contribution >= 0.6 is 0 Å². The average Bonchev–Trinajstić information content (AvgIpc) is 2.84. The number of amides is 2. The molecular formula is C14H20N2O2. The molecule has 2 amide bonds. The zero-order chi connectivity index (χ0) is 12.8. The lowest BCUT2D eigenvalue weighted by Crippen LogP contribution is -2.38. The first-order valence-corrected chi connectivity index (χ1v) is 6.52. The van der Waals surface area contributed by atoms with E-state index in [4.69, 9.17) is 4.74 Å². The number of carbonyl (C=O) groups is 1. The number of aryl methyl sites for hydroxylation is 1. The quantitative estimate of drug-likeness (QED) is 0.860. The van der Waals surface area contributed by atoms with E-state index in [1.54, 1.807) is 0 Å². The van der Waals surface area contributed by atoms with Crippen LogP contribution in [0.5, 0.6) is 0 Å². The molecule has 1 heterocycles. The summed E-state index contributed by atoms with van der Waals surface area (Å²) in [6.07, 6.45) is 3.10. The molecule has 98 valence electrons. The molecule has 0 radical (unpaired) electrons. The maximum absolute atomic E-state index is 11.7. The SMILES string of the molecule is CCCc1ccc(NC(=O)NC2CCOC2)cc1. The van der Waals surface area contributed by atoms with E-state index in [9.17, 15) is 4.79 Å². The third-order valence-electron chi connectivity index (χ3n) is 3.02. The summed E-state index contributed by atoms with van der Waals surface area (Å²) in [6, 6.07) is 7.97. The summed E-state index contributed by atoms with van der Waals surface area (Å²) in [6.45, 7) is 3.50. The molecule has 1 aliphatic rings. The highest BCUT2D eigenvalue weighted by Gasteiger charge is 2.17. The molecule has 1 saturated heterocycles. The predicted molar refractivity (Wildman–Crippen MR) is 71.8 cm³/mol. The fourth-order valence-electron chi connectivity index (χ4n) is 2.04. The second-order valence-corrected chi connectivity index (χ2v) is 4.61. The van der Waals surface area contributed by atoms with Gasteiger partial charge in [0.2, 0.25) is 0 Å². The van der Waals surface area contributed by atoms with Gasteiger partial charge in [0.25, 0.3) is 0 Å². The van der Waals surface area contributed by atoms with Gasteiger partial charge in [-0.1, -0.05) is 25.5 Å². The van der Waals surface area contributed by atoms with Gasteiger partial charge in [-0.2, -0.15) is 0 Å². The minimum atomic E-state index is -0.159. The standard InChI is InChI=1S/C14H20N2O2/c1-2-3-11-4-6-12(7-5-11)15-14(17)16-13-8-9-18-10-13/h4-7,13H,2-3,8-10H2,1H3,(H2,15,16,17). The van der Waals surface area contributed by atoms with Crippen LogP contribution in [0.3, 0.4) is 0 Å². The molecule has 2 rings (SSSR count). The molecule has 0 saturated carbocycles. The molecule has 0 aliphatic carbocycles. The molecule has 1 aliphatic heterocycles. The Morgan fingerprint density at radius 1 is 1.39 bits per heavy atom. The van der Waals surface area contributed by atoms with E-state index in [0.29, 0.717) is 6.61 Å². The number of hydrogen-bond donors (Lipinski definition) is 2. The Balaban J connectivity index is 1.82. The highest BCUT2D eigenvalue weighted by atomic mass is 16.5. The van der Waals surface area contributed by atoms with Gasteiger partial charge in [-0.25, -0.2) is 4.79 Å². The number of rotatable bonds is 4. The summed E-state index contributed by atoms with van der Waals surface area (Å²) < 4.78 is 5.21. The Morgan fingerprint density at radius 3 is 2.78 bits per heavy atom. The molecule has 0 spiro atoms. The van der Waals surface area contributed by atoms with Crippen LogP contribution in [0.2, 0.25) is 0 Å². The fourth-order valence-corrected chi connectivity index (χ4v) is 2.04. The minimum Gasteiger partial charge on any atom is -0.379 e. The molecule has 1 unspecified atom stereocenters. The first-order chi connectivity index (χ1) is 8.78. The smallest absolute Gasteiger partial charge is 0.319 e. The number of ether oxygens (including phenoxy) is 1. The van der Waals surface area contributed by atoms with Gasteiger partial charge in [-0.05, 0) is 30.5 Å². The van der Waals surface area contributed by atoms with Crippen molar-refractivity contribution in [1.82, 2.24) is 5.32 Å². The number of hydrogen-bond acceptors (Lipinski definition) is 2. The summed E-state index contributed by atoms with van der Waals surface area (Å²) in [4.78, 5) is 11.7.